The van der Waals surface area contributed by atoms with Gasteiger partial charge in [-0.1, -0.05) is 24.2 Å². The summed E-state index contributed by atoms with van der Waals surface area (Å²) in [6, 6.07) is 6.79. The third-order valence-electron chi connectivity index (χ3n) is 5.91. The summed E-state index contributed by atoms with van der Waals surface area (Å²) in [7, 11) is 0. The Bertz CT molecular complexity index is 924. The maximum absolute atomic E-state index is 13.2. The Kier molecular flexibility index (Phi) is 5.02. The van der Waals surface area contributed by atoms with Crippen LogP contribution < -0.4 is 0 Å². The Labute approximate surface area is 164 Å². The monoisotopic (exact) mass is 383 g/mol. The maximum atomic E-state index is 13.2. The zero-order valence-electron chi connectivity index (χ0n) is 16.6. The molecule has 0 spiro atoms. The van der Waals surface area contributed by atoms with E-state index in [-0.39, 0.29) is 17.3 Å². The first kappa shape index (κ1) is 18.8. The molecule has 0 N–H and O–H groups in total. The summed E-state index contributed by atoms with van der Waals surface area (Å²) in [6.07, 6.45) is 5.75. The van der Waals surface area contributed by atoms with Crippen LogP contribution in [-0.2, 0) is 12.0 Å². The average Bonchev–Trinajstić information content (AvgIpc) is 3.33. The molecule has 0 radical (unpaired) electrons. The fourth-order valence-electron chi connectivity index (χ4n) is 3.89. The second-order valence-electron chi connectivity index (χ2n) is 8.00. The number of likely N-dealkylation sites (tertiary alicyclic amines) is 1. The Morgan fingerprint density at radius 1 is 1.21 bits per heavy atom. The molecule has 1 saturated heterocycles. The number of aromatic nitrogens is 4. The lowest BCUT2D eigenvalue weighted by Gasteiger charge is -2.37. The molecule has 0 amide bonds. The van der Waals surface area contributed by atoms with E-state index < -0.39 is 0 Å². The molecule has 2 aromatic heterocycles. The van der Waals surface area contributed by atoms with Gasteiger partial charge in [0.05, 0.1) is 18.1 Å². The standard InChI is InChI=1S/C21H26FN5O/c1-15(17-4-6-18(22)7-5-17)27-14-23-12-19(27)13-26-10-8-21(3,9-11-26)20-24-16(2)25-28-20/h4-7,12,14-15H,8-11,13H2,1-3H3. The highest BCUT2D eigenvalue weighted by Crippen LogP contribution is 2.34. The van der Waals surface area contributed by atoms with E-state index in [2.05, 4.69) is 38.4 Å². The highest BCUT2D eigenvalue weighted by molar-refractivity contribution is 5.21. The second kappa shape index (κ2) is 7.47. The van der Waals surface area contributed by atoms with E-state index in [0.717, 1.165) is 49.6 Å². The van der Waals surface area contributed by atoms with Crippen LogP contribution in [0.2, 0.25) is 0 Å². The molecule has 1 aliphatic heterocycles. The number of hydrogen-bond acceptors (Lipinski definition) is 5. The van der Waals surface area contributed by atoms with Crippen LogP contribution in [0, 0.1) is 12.7 Å². The first-order valence-electron chi connectivity index (χ1n) is 9.74. The van der Waals surface area contributed by atoms with Crippen LogP contribution >= 0.6 is 0 Å². The lowest BCUT2D eigenvalue weighted by molar-refractivity contribution is 0.135. The summed E-state index contributed by atoms with van der Waals surface area (Å²) in [6.45, 7) is 8.95. The Morgan fingerprint density at radius 3 is 2.57 bits per heavy atom. The summed E-state index contributed by atoms with van der Waals surface area (Å²) < 4.78 is 20.8. The second-order valence-corrected chi connectivity index (χ2v) is 8.00. The summed E-state index contributed by atoms with van der Waals surface area (Å²) in [5.74, 6) is 1.23. The van der Waals surface area contributed by atoms with Crippen LogP contribution in [0.3, 0.4) is 0 Å². The fourth-order valence-corrected chi connectivity index (χ4v) is 3.89. The number of halogens is 1. The van der Waals surface area contributed by atoms with Gasteiger partial charge < -0.3 is 9.09 Å². The zero-order chi connectivity index (χ0) is 19.7. The number of nitrogens with zero attached hydrogens (tertiary/aromatic N) is 5. The maximum Gasteiger partial charge on any atom is 0.232 e. The highest BCUT2D eigenvalue weighted by Gasteiger charge is 2.36. The van der Waals surface area contributed by atoms with Gasteiger partial charge >= 0.3 is 0 Å². The largest absolute Gasteiger partial charge is 0.339 e. The molecule has 7 heteroatoms. The zero-order valence-corrected chi connectivity index (χ0v) is 16.6. The van der Waals surface area contributed by atoms with Crippen molar-refractivity contribution in [2.45, 2.75) is 51.6 Å². The van der Waals surface area contributed by atoms with Gasteiger partial charge in [-0.2, -0.15) is 4.98 Å². The molecule has 3 heterocycles. The lowest BCUT2D eigenvalue weighted by Crippen LogP contribution is -2.41. The topological polar surface area (TPSA) is 60.0 Å². The van der Waals surface area contributed by atoms with Crippen LogP contribution in [0.4, 0.5) is 4.39 Å². The van der Waals surface area contributed by atoms with Crippen LogP contribution in [-0.4, -0.2) is 37.7 Å². The van der Waals surface area contributed by atoms with Crippen molar-refractivity contribution in [3.05, 3.63) is 65.6 Å². The van der Waals surface area contributed by atoms with Crippen molar-refractivity contribution >= 4 is 0 Å². The molecule has 1 fully saturated rings. The predicted molar refractivity (Wildman–Crippen MR) is 103 cm³/mol. The van der Waals surface area contributed by atoms with Crippen LogP contribution in [0.5, 0.6) is 0 Å². The minimum Gasteiger partial charge on any atom is -0.339 e. The number of piperidine rings is 1. The van der Waals surface area contributed by atoms with E-state index in [1.807, 2.05) is 31.6 Å². The van der Waals surface area contributed by atoms with Gasteiger partial charge in [0.1, 0.15) is 5.82 Å². The van der Waals surface area contributed by atoms with Gasteiger partial charge in [-0.15, -0.1) is 0 Å². The van der Waals surface area contributed by atoms with Crippen molar-refractivity contribution in [1.29, 1.82) is 0 Å². The molecule has 1 aromatic carbocycles. The predicted octanol–water partition coefficient (Wildman–Crippen LogP) is 3.88. The summed E-state index contributed by atoms with van der Waals surface area (Å²) in [5, 5.41) is 3.95. The van der Waals surface area contributed by atoms with Crippen molar-refractivity contribution in [3.8, 4) is 0 Å². The molecule has 148 valence electrons. The third-order valence-corrected chi connectivity index (χ3v) is 5.91. The molecule has 4 rings (SSSR count). The number of aryl methyl sites for hydroxylation is 1. The summed E-state index contributed by atoms with van der Waals surface area (Å²) in [4.78, 5) is 11.2. The van der Waals surface area contributed by atoms with Crippen molar-refractivity contribution in [1.82, 2.24) is 24.6 Å². The van der Waals surface area contributed by atoms with Gasteiger partial charge in [0, 0.05) is 18.2 Å². The minimum atomic E-state index is -0.213. The fraction of sp³-hybridized carbons (Fsp3) is 0.476. The van der Waals surface area contributed by atoms with E-state index >= 15 is 0 Å². The average molecular weight is 383 g/mol. The molecular weight excluding hydrogens is 357 g/mol. The smallest absolute Gasteiger partial charge is 0.232 e. The molecule has 3 aromatic rings. The van der Waals surface area contributed by atoms with Gasteiger partial charge in [-0.3, -0.25) is 4.90 Å². The molecule has 1 aliphatic rings. The summed E-state index contributed by atoms with van der Waals surface area (Å²) in [5.41, 5.74) is 2.17. The van der Waals surface area contributed by atoms with Gasteiger partial charge in [0.15, 0.2) is 5.82 Å². The minimum absolute atomic E-state index is 0.0561. The first-order chi connectivity index (χ1) is 13.4. The van der Waals surface area contributed by atoms with Crippen molar-refractivity contribution in [2.24, 2.45) is 0 Å². The SMILES string of the molecule is Cc1noc(C2(C)CCN(Cc3cncn3C(C)c3ccc(F)cc3)CC2)n1. The van der Waals surface area contributed by atoms with E-state index in [0.29, 0.717) is 5.82 Å². The van der Waals surface area contributed by atoms with Crippen molar-refractivity contribution in [3.63, 3.8) is 0 Å². The highest BCUT2D eigenvalue weighted by atomic mass is 19.1. The van der Waals surface area contributed by atoms with E-state index in [4.69, 9.17) is 4.52 Å². The van der Waals surface area contributed by atoms with Crippen LogP contribution in [0.25, 0.3) is 0 Å². The quantitative estimate of drug-likeness (QED) is 0.669. The van der Waals surface area contributed by atoms with E-state index in [1.54, 1.807) is 0 Å². The first-order valence-corrected chi connectivity index (χ1v) is 9.74. The van der Waals surface area contributed by atoms with Gasteiger partial charge in [-0.25, -0.2) is 9.37 Å². The van der Waals surface area contributed by atoms with Gasteiger partial charge in [0.25, 0.3) is 0 Å². The third kappa shape index (κ3) is 3.71. The van der Waals surface area contributed by atoms with E-state index in [9.17, 15) is 4.39 Å². The number of benzene rings is 1. The summed E-state index contributed by atoms with van der Waals surface area (Å²) >= 11 is 0. The lowest BCUT2D eigenvalue weighted by atomic mass is 9.80. The van der Waals surface area contributed by atoms with Crippen LogP contribution in [0.1, 0.15) is 55.7 Å². The Balaban J connectivity index is 1.42. The van der Waals surface area contributed by atoms with Gasteiger partial charge in [0.2, 0.25) is 5.89 Å². The van der Waals surface area contributed by atoms with E-state index in [1.165, 1.54) is 12.1 Å². The molecule has 1 atom stereocenters. The molecule has 6 nitrogen and oxygen atoms in total. The van der Waals surface area contributed by atoms with Crippen molar-refractivity contribution in [2.75, 3.05) is 13.1 Å². The molecule has 0 bridgehead atoms. The molecular formula is C21H26FN5O. The number of rotatable bonds is 5. The number of imidazole rings is 1. The van der Waals surface area contributed by atoms with Gasteiger partial charge in [-0.05, 0) is 57.5 Å². The molecule has 0 saturated carbocycles. The molecule has 1 unspecified atom stereocenters. The normalized spacial score (nSPS) is 18.3. The Hall–Kier alpha value is -2.54. The molecule has 0 aliphatic carbocycles. The number of hydrogen-bond donors (Lipinski definition) is 0. The van der Waals surface area contributed by atoms with Crippen LogP contribution in [0.15, 0.2) is 41.3 Å². The van der Waals surface area contributed by atoms with Crippen molar-refractivity contribution < 1.29 is 8.91 Å². The Morgan fingerprint density at radius 2 is 1.93 bits per heavy atom. The molecule has 28 heavy (non-hydrogen) atoms.